The van der Waals surface area contributed by atoms with E-state index < -0.39 is 5.97 Å². The van der Waals surface area contributed by atoms with E-state index in [0.29, 0.717) is 11.3 Å². The highest BCUT2D eigenvalue weighted by molar-refractivity contribution is 6.07. The van der Waals surface area contributed by atoms with Crippen molar-refractivity contribution in [3.63, 3.8) is 0 Å². The minimum absolute atomic E-state index is 0.257. The smallest absolute Gasteiger partial charge is 0.313 e. The zero-order chi connectivity index (χ0) is 13.7. The lowest BCUT2D eigenvalue weighted by Gasteiger charge is -2.10. The molecule has 0 fully saturated rings. The van der Waals surface area contributed by atoms with Crippen molar-refractivity contribution in [1.82, 2.24) is 0 Å². The van der Waals surface area contributed by atoms with Gasteiger partial charge in [0.05, 0.1) is 19.3 Å². The van der Waals surface area contributed by atoms with Crippen molar-refractivity contribution >= 4 is 11.8 Å². The Morgan fingerprint density at radius 3 is 2.33 bits per heavy atom. The van der Waals surface area contributed by atoms with Gasteiger partial charge in [0.2, 0.25) is 0 Å². The van der Waals surface area contributed by atoms with Gasteiger partial charge in [0.15, 0.2) is 5.78 Å². The normalized spacial score (nSPS) is 10.0. The number of hydrogen-bond donors (Lipinski definition) is 0. The Bertz CT molecular complexity index is 463. The van der Waals surface area contributed by atoms with E-state index in [2.05, 4.69) is 0 Å². The molecule has 18 heavy (non-hydrogen) atoms. The number of ether oxygens (including phenoxy) is 2. The van der Waals surface area contributed by atoms with Crippen molar-refractivity contribution < 1.29 is 19.1 Å². The highest BCUT2D eigenvalue weighted by Gasteiger charge is 2.17. The van der Waals surface area contributed by atoms with E-state index in [9.17, 15) is 9.59 Å². The molecule has 98 valence electrons. The Labute approximate surface area is 107 Å². The molecule has 0 amide bonds. The summed E-state index contributed by atoms with van der Waals surface area (Å²) in [6.45, 7) is 5.84. The molecule has 0 spiro atoms. The lowest BCUT2D eigenvalue weighted by Crippen LogP contribution is -2.12. The molecule has 1 rings (SSSR count). The number of carbonyl (C=O) groups excluding carboxylic acids is 2. The van der Waals surface area contributed by atoms with Crippen LogP contribution in [0, 0.1) is 13.8 Å². The van der Waals surface area contributed by atoms with Gasteiger partial charge >= 0.3 is 5.97 Å². The van der Waals surface area contributed by atoms with Crippen molar-refractivity contribution in [3.8, 4) is 5.75 Å². The Hall–Kier alpha value is -1.84. The fourth-order valence-corrected chi connectivity index (χ4v) is 1.61. The molecule has 4 nitrogen and oxygen atoms in total. The second kappa shape index (κ2) is 6.19. The molecule has 0 saturated heterocycles. The second-order valence-electron chi connectivity index (χ2n) is 4.04. The van der Waals surface area contributed by atoms with Crippen LogP contribution in [0.5, 0.6) is 5.75 Å². The Morgan fingerprint density at radius 2 is 1.78 bits per heavy atom. The molecular formula is C14H18O4. The van der Waals surface area contributed by atoms with Crippen LogP contribution in [0.15, 0.2) is 12.1 Å². The maximum atomic E-state index is 12.0. The largest absolute Gasteiger partial charge is 0.496 e. The minimum Gasteiger partial charge on any atom is -0.496 e. The van der Waals surface area contributed by atoms with Crippen molar-refractivity contribution in [2.75, 3.05) is 13.7 Å². The molecule has 0 aliphatic rings. The highest BCUT2D eigenvalue weighted by atomic mass is 16.5. The number of hydrogen-bond acceptors (Lipinski definition) is 4. The van der Waals surface area contributed by atoms with Crippen LogP contribution >= 0.6 is 0 Å². The van der Waals surface area contributed by atoms with Crippen LogP contribution in [-0.2, 0) is 9.53 Å². The summed E-state index contributed by atoms with van der Waals surface area (Å²) in [6.07, 6.45) is -0.257. The average molecular weight is 250 g/mol. The monoisotopic (exact) mass is 250 g/mol. The Kier molecular flexibility index (Phi) is 4.89. The third-order valence-corrected chi connectivity index (χ3v) is 2.73. The van der Waals surface area contributed by atoms with Gasteiger partial charge in [-0.2, -0.15) is 0 Å². The zero-order valence-electron chi connectivity index (χ0n) is 11.2. The Balaban J connectivity index is 2.98. The molecule has 0 unspecified atom stereocenters. The second-order valence-corrected chi connectivity index (χ2v) is 4.04. The van der Waals surface area contributed by atoms with E-state index in [-0.39, 0.29) is 18.8 Å². The molecule has 0 radical (unpaired) electrons. The van der Waals surface area contributed by atoms with Gasteiger partial charge in [0, 0.05) is 0 Å². The van der Waals surface area contributed by atoms with Gasteiger partial charge in [-0.15, -0.1) is 0 Å². The van der Waals surface area contributed by atoms with E-state index in [4.69, 9.17) is 9.47 Å². The van der Waals surface area contributed by atoms with Crippen LogP contribution in [0.1, 0.15) is 34.8 Å². The fraction of sp³-hybridized carbons (Fsp3) is 0.429. The first-order valence-corrected chi connectivity index (χ1v) is 5.83. The number of aryl methyl sites for hydroxylation is 2. The quantitative estimate of drug-likeness (QED) is 0.457. The van der Waals surface area contributed by atoms with E-state index in [1.165, 1.54) is 7.11 Å². The number of benzene rings is 1. The molecule has 0 N–H and O–H groups in total. The molecule has 0 heterocycles. The average Bonchev–Trinajstić information content (AvgIpc) is 2.32. The lowest BCUT2D eigenvalue weighted by molar-refractivity contribution is -0.141. The minimum atomic E-state index is -0.511. The van der Waals surface area contributed by atoms with E-state index in [1.807, 2.05) is 13.8 Å². The van der Waals surface area contributed by atoms with E-state index in [0.717, 1.165) is 11.1 Å². The number of methoxy groups -OCH3 is 1. The van der Waals surface area contributed by atoms with Crippen molar-refractivity contribution in [2.45, 2.75) is 27.2 Å². The van der Waals surface area contributed by atoms with Crippen molar-refractivity contribution in [2.24, 2.45) is 0 Å². The maximum absolute atomic E-state index is 12.0. The van der Waals surface area contributed by atoms with E-state index >= 15 is 0 Å². The molecule has 0 aliphatic heterocycles. The lowest BCUT2D eigenvalue weighted by atomic mass is 10.0. The Morgan fingerprint density at radius 1 is 1.17 bits per heavy atom. The third-order valence-electron chi connectivity index (χ3n) is 2.73. The summed E-state index contributed by atoms with van der Waals surface area (Å²) < 4.78 is 9.93. The van der Waals surface area contributed by atoms with Gasteiger partial charge in [-0.3, -0.25) is 9.59 Å². The van der Waals surface area contributed by atoms with E-state index in [1.54, 1.807) is 19.1 Å². The van der Waals surface area contributed by atoms with Crippen LogP contribution in [0.4, 0.5) is 0 Å². The first kappa shape index (κ1) is 14.2. The molecule has 4 heteroatoms. The number of carbonyl (C=O) groups is 2. The van der Waals surface area contributed by atoms with Gasteiger partial charge in [-0.25, -0.2) is 0 Å². The summed E-state index contributed by atoms with van der Waals surface area (Å²) in [5.74, 6) is -0.302. The van der Waals surface area contributed by atoms with Crippen LogP contribution in [0.25, 0.3) is 0 Å². The summed E-state index contributed by atoms with van der Waals surface area (Å²) in [5.41, 5.74) is 2.45. The topological polar surface area (TPSA) is 52.6 Å². The summed E-state index contributed by atoms with van der Waals surface area (Å²) in [4.78, 5) is 23.3. The number of Topliss-reactive ketones (excluding diaryl/α,β-unsaturated/α-hetero) is 1. The first-order chi connectivity index (χ1) is 8.49. The third kappa shape index (κ3) is 3.32. The van der Waals surface area contributed by atoms with Crippen LogP contribution in [-0.4, -0.2) is 25.5 Å². The van der Waals surface area contributed by atoms with Crippen LogP contribution in [0.3, 0.4) is 0 Å². The predicted octanol–water partition coefficient (Wildman–Crippen LogP) is 2.45. The fourth-order valence-electron chi connectivity index (χ4n) is 1.61. The van der Waals surface area contributed by atoms with Gasteiger partial charge in [-0.05, 0) is 44.0 Å². The van der Waals surface area contributed by atoms with Crippen molar-refractivity contribution in [3.05, 3.63) is 28.8 Å². The highest BCUT2D eigenvalue weighted by Crippen LogP contribution is 2.24. The van der Waals surface area contributed by atoms with Gasteiger partial charge in [-0.1, -0.05) is 0 Å². The summed E-state index contributed by atoms with van der Waals surface area (Å²) >= 11 is 0. The summed E-state index contributed by atoms with van der Waals surface area (Å²) in [6, 6.07) is 3.55. The van der Waals surface area contributed by atoms with Crippen molar-refractivity contribution in [1.29, 1.82) is 0 Å². The zero-order valence-corrected chi connectivity index (χ0v) is 11.2. The molecule has 0 bridgehead atoms. The molecular weight excluding hydrogens is 232 g/mol. The van der Waals surface area contributed by atoms with Crippen LogP contribution < -0.4 is 4.74 Å². The van der Waals surface area contributed by atoms with Crippen LogP contribution in [0.2, 0.25) is 0 Å². The summed E-state index contributed by atoms with van der Waals surface area (Å²) in [7, 11) is 1.51. The molecule has 0 atom stereocenters. The summed E-state index contributed by atoms with van der Waals surface area (Å²) in [5, 5.41) is 0. The number of ketones is 1. The SMILES string of the molecule is CCOC(=O)CC(=O)c1cc(C)c(C)cc1OC. The number of esters is 1. The molecule has 1 aromatic carbocycles. The molecule has 0 aliphatic carbocycles. The standard InChI is InChI=1S/C14H18O4/c1-5-18-14(16)8-12(15)11-6-9(2)10(3)7-13(11)17-4/h6-7H,5,8H2,1-4H3. The molecule has 0 aromatic heterocycles. The molecule has 1 aromatic rings. The first-order valence-electron chi connectivity index (χ1n) is 5.83. The molecule has 0 saturated carbocycles. The number of rotatable bonds is 5. The van der Waals surface area contributed by atoms with Gasteiger partial charge in [0.1, 0.15) is 12.2 Å². The maximum Gasteiger partial charge on any atom is 0.313 e. The van der Waals surface area contributed by atoms with Gasteiger partial charge in [0.25, 0.3) is 0 Å². The predicted molar refractivity (Wildman–Crippen MR) is 68.0 cm³/mol. The van der Waals surface area contributed by atoms with Gasteiger partial charge < -0.3 is 9.47 Å².